The Kier molecular flexibility index (Phi) is 1.48. The van der Waals surface area contributed by atoms with Gasteiger partial charge in [0.1, 0.15) is 0 Å². The lowest BCUT2D eigenvalue weighted by atomic mass is 9.48. The molecular formula is C12H19N. The smallest absolute Gasteiger partial charge is 0.0294 e. The first-order valence-corrected chi connectivity index (χ1v) is 5.63. The third-order valence-electron chi connectivity index (χ3n) is 4.74. The highest BCUT2D eigenvalue weighted by molar-refractivity contribution is 5.28. The first-order chi connectivity index (χ1) is 6.19. The summed E-state index contributed by atoms with van der Waals surface area (Å²) < 4.78 is 0. The second kappa shape index (κ2) is 2.38. The van der Waals surface area contributed by atoms with Crippen LogP contribution in [0.1, 0.15) is 33.1 Å². The van der Waals surface area contributed by atoms with Crippen LogP contribution < -0.4 is 5.32 Å². The molecule has 4 aliphatic rings. The lowest BCUT2D eigenvalue weighted by Crippen LogP contribution is -2.55. The number of allylic oxidation sites excluding steroid dienone is 1. The fourth-order valence-corrected chi connectivity index (χ4v) is 3.36. The average molecular weight is 177 g/mol. The van der Waals surface area contributed by atoms with Crippen molar-refractivity contribution in [2.75, 3.05) is 6.54 Å². The van der Waals surface area contributed by atoms with Gasteiger partial charge in [-0.15, -0.1) is 0 Å². The Morgan fingerprint density at radius 2 is 2.23 bits per heavy atom. The molecule has 0 amide bonds. The van der Waals surface area contributed by atoms with E-state index in [1.165, 1.54) is 25.8 Å². The maximum Gasteiger partial charge on any atom is 0.0294 e. The molecule has 3 aliphatic carbocycles. The Hall–Kier alpha value is -0.300. The van der Waals surface area contributed by atoms with Crippen LogP contribution in [0.5, 0.6) is 0 Å². The fraction of sp³-hybridized carbons (Fsp3) is 0.833. The van der Waals surface area contributed by atoms with Crippen molar-refractivity contribution in [1.29, 1.82) is 0 Å². The second-order valence-corrected chi connectivity index (χ2v) is 5.54. The molecule has 2 fully saturated rings. The summed E-state index contributed by atoms with van der Waals surface area (Å²) in [6, 6.07) is 0.755. The topological polar surface area (TPSA) is 12.0 Å². The summed E-state index contributed by atoms with van der Waals surface area (Å²) in [4.78, 5) is 0. The number of fused-ring (bicyclic) bond motifs is 1. The molecule has 1 saturated carbocycles. The van der Waals surface area contributed by atoms with E-state index in [0.29, 0.717) is 5.41 Å². The first-order valence-electron chi connectivity index (χ1n) is 5.63. The molecule has 3 atom stereocenters. The molecule has 72 valence electrons. The van der Waals surface area contributed by atoms with E-state index >= 15 is 0 Å². The van der Waals surface area contributed by atoms with Gasteiger partial charge in [0.05, 0.1) is 0 Å². The van der Waals surface area contributed by atoms with E-state index in [1.54, 1.807) is 5.57 Å². The third kappa shape index (κ3) is 0.914. The molecule has 1 nitrogen and oxygen atoms in total. The lowest BCUT2D eigenvalue weighted by molar-refractivity contribution is -0.0133. The zero-order chi connectivity index (χ0) is 9.05. The highest BCUT2D eigenvalue weighted by Crippen LogP contribution is 2.60. The van der Waals surface area contributed by atoms with Gasteiger partial charge >= 0.3 is 0 Å². The van der Waals surface area contributed by atoms with Crippen molar-refractivity contribution in [2.24, 2.45) is 17.3 Å². The number of hydrogen-bond donors (Lipinski definition) is 1. The van der Waals surface area contributed by atoms with Gasteiger partial charge in [0.15, 0.2) is 0 Å². The van der Waals surface area contributed by atoms with Crippen LogP contribution in [0.25, 0.3) is 0 Å². The predicted octanol–water partition coefficient (Wildman–Crippen LogP) is 2.34. The largest absolute Gasteiger partial charge is 0.310 e. The van der Waals surface area contributed by atoms with Crippen LogP contribution in [0, 0.1) is 17.3 Å². The van der Waals surface area contributed by atoms with Crippen LogP contribution in [0.15, 0.2) is 11.6 Å². The summed E-state index contributed by atoms with van der Waals surface area (Å²) in [7, 11) is 0. The summed E-state index contributed by atoms with van der Waals surface area (Å²) >= 11 is 0. The minimum Gasteiger partial charge on any atom is -0.310 e. The molecule has 1 N–H and O–H groups in total. The average Bonchev–Trinajstić information content (AvgIpc) is 2.01. The van der Waals surface area contributed by atoms with Crippen LogP contribution >= 0.6 is 0 Å². The number of hydrogen-bond acceptors (Lipinski definition) is 1. The van der Waals surface area contributed by atoms with Gasteiger partial charge in [-0.1, -0.05) is 25.5 Å². The van der Waals surface area contributed by atoms with Crippen LogP contribution in [-0.2, 0) is 0 Å². The van der Waals surface area contributed by atoms with E-state index in [9.17, 15) is 0 Å². The molecule has 0 spiro atoms. The molecule has 0 aromatic rings. The Morgan fingerprint density at radius 1 is 1.46 bits per heavy atom. The van der Waals surface area contributed by atoms with E-state index in [0.717, 1.165) is 17.9 Å². The van der Waals surface area contributed by atoms with Crippen LogP contribution in [0.2, 0.25) is 0 Å². The van der Waals surface area contributed by atoms with Crippen molar-refractivity contribution in [3.63, 3.8) is 0 Å². The molecule has 1 aliphatic heterocycles. The van der Waals surface area contributed by atoms with Crippen LogP contribution in [-0.4, -0.2) is 12.6 Å². The Balaban J connectivity index is 1.85. The molecule has 1 heterocycles. The molecule has 2 bridgehead atoms. The van der Waals surface area contributed by atoms with E-state index in [2.05, 4.69) is 25.2 Å². The summed E-state index contributed by atoms with van der Waals surface area (Å²) in [5.74, 6) is 1.89. The van der Waals surface area contributed by atoms with Crippen molar-refractivity contribution < 1.29 is 0 Å². The van der Waals surface area contributed by atoms with Gasteiger partial charge < -0.3 is 5.32 Å². The van der Waals surface area contributed by atoms with Crippen molar-refractivity contribution >= 4 is 0 Å². The zero-order valence-corrected chi connectivity index (χ0v) is 8.64. The van der Waals surface area contributed by atoms with Crippen molar-refractivity contribution in [1.82, 2.24) is 5.32 Å². The van der Waals surface area contributed by atoms with E-state index in [-0.39, 0.29) is 0 Å². The molecule has 0 aromatic carbocycles. The molecular weight excluding hydrogens is 158 g/mol. The molecule has 1 saturated heterocycles. The molecule has 0 radical (unpaired) electrons. The lowest BCUT2D eigenvalue weighted by Gasteiger charge is -2.58. The molecule has 13 heavy (non-hydrogen) atoms. The Bertz CT molecular complexity index is 260. The fourth-order valence-electron chi connectivity index (χ4n) is 3.36. The summed E-state index contributed by atoms with van der Waals surface area (Å²) in [5, 5.41) is 3.54. The van der Waals surface area contributed by atoms with Crippen LogP contribution in [0.3, 0.4) is 0 Å². The van der Waals surface area contributed by atoms with Crippen molar-refractivity contribution in [3.05, 3.63) is 11.6 Å². The minimum absolute atomic E-state index is 0.612. The van der Waals surface area contributed by atoms with E-state index in [1.807, 2.05) is 0 Å². The van der Waals surface area contributed by atoms with Crippen molar-refractivity contribution in [2.45, 2.75) is 39.2 Å². The minimum atomic E-state index is 0.612. The normalized spacial score (nSPS) is 46.0. The van der Waals surface area contributed by atoms with Gasteiger partial charge in [0.2, 0.25) is 0 Å². The molecule has 1 heteroatoms. The van der Waals surface area contributed by atoms with Crippen molar-refractivity contribution in [3.8, 4) is 0 Å². The van der Waals surface area contributed by atoms with E-state index in [4.69, 9.17) is 0 Å². The van der Waals surface area contributed by atoms with Gasteiger partial charge in [0.25, 0.3) is 0 Å². The van der Waals surface area contributed by atoms with Crippen LogP contribution in [0.4, 0.5) is 0 Å². The quantitative estimate of drug-likeness (QED) is 0.606. The molecule has 4 rings (SSSR count). The maximum absolute atomic E-state index is 3.54. The monoisotopic (exact) mass is 177 g/mol. The standard InChI is InChI=1S/C12H19N/c1-12(2)8-3-4-9(10(12)7-8)11-5-6-13-11/h4,8,10-11,13H,3,5-7H2,1-2H3. The summed E-state index contributed by atoms with van der Waals surface area (Å²) in [6.45, 7) is 6.15. The highest BCUT2D eigenvalue weighted by atomic mass is 15.0. The maximum atomic E-state index is 3.54. The van der Waals surface area contributed by atoms with Gasteiger partial charge in [-0.2, -0.15) is 0 Å². The molecule has 3 unspecified atom stereocenters. The predicted molar refractivity (Wildman–Crippen MR) is 54.5 cm³/mol. The number of nitrogens with one attached hydrogen (secondary N) is 1. The SMILES string of the molecule is CC1(C)C2CC=C(C3CCN3)C1C2. The van der Waals surface area contributed by atoms with Gasteiger partial charge in [-0.25, -0.2) is 0 Å². The summed E-state index contributed by atoms with van der Waals surface area (Å²) in [6.07, 6.45) is 6.72. The zero-order valence-electron chi connectivity index (χ0n) is 8.64. The second-order valence-electron chi connectivity index (χ2n) is 5.54. The molecule has 0 aromatic heterocycles. The third-order valence-corrected chi connectivity index (χ3v) is 4.74. The Morgan fingerprint density at radius 3 is 2.69 bits per heavy atom. The van der Waals surface area contributed by atoms with E-state index < -0.39 is 0 Å². The first kappa shape index (κ1) is 8.05. The van der Waals surface area contributed by atoms with Gasteiger partial charge in [-0.05, 0) is 43.1 Å². The van der Waals surface area contributed by atoms with Gasteiger partial charge in [-0.3, -0.25) is 0 Å². The summed E-state index contributed by atoms with van der Waals surface area (Å²) in [5.41, 5.74) is 2.36. The Labute approximate surface area is 80.6 Å². The number of rotatable bonds is 1. The highest BCUT2D eigenvalue weighted by Gasteiger charge is 2.52. The van der Waals surface area contributed by atoms with Gasteiger partial charge in [0, 0.05) is 6.04 Å².